The summed E-state index contributed by atoms with van der Waals surface area (Å²) in [6, 6.07) is 1.67. The predicted octanol–water partition coefficient (Wildman–Crippen LogP) is 0.396. The zero-order valence-electron chi connectivity index (χ0n) is 9.89. The van der Waals surface area contributed by atoms with Crippen molar-refractivity contribution in [3.8, 4) is 0 Å². The first kappa shape index (κ1) is 12.1. The minimum atomic E-state index is -0.171. The van der Waals surface area contributed by atoms with Gasteiger partial charge in [-0.15, -0.1) is 0 Å². The highest BCUT2D eigenvalue weighted by Crippen LogP contribution is 2.10. The van der Waals surface area contributed by atoms with Gasteiger partial charge in [-0.2, -0.15) is 5.10 Å². The van der Waals surface area contributed by atoms with E-state index < -0.39 is 0 Å². The lowest BCUT2D eigenvalue weighted by molar-refractivity contribution is 0.0848. The molecule has 1 amide bonds. The summed E-state index contributed by atoms with van der Waals surface area (Å²) in [6.07, 6.45) is 3.95. The normalized spacial score (nSPS) is 19.5. The van der Waals surface area contributed by atoms with E-state index in [0.717, 1.165) is 19.4 Å². The van der Waals surface area contributed by atoms with Crippen LogP contribution in [0, 0.1) is 0 Å². The van der Waals surface area contributed by atoms with Crippen LogP contribution in [0.25, 0.3) is 0 Å². The summed E-state index contributed by atoms with van der Waals surface area (Å²) in [6.45, 7) is 1.69. The molecule has 0 saturated carbocycles. The van der Waals surface area contributed by atoms with Crippen LogP contribution in [-0.2, 0) is 16.2 Å². The van der Waals surface area contributed by atoms with Crippen molar-refractivity contribution in [2.24, 2.45) is 0 Å². The second-order valence-corrected chi connectivity index (χ2v) is 4.00. The van der Waals surface area contributed by atoms with Gasteiger partial charge < -0.3 is 14.8 Å². The lowest BCUT2D eigenvalue weighted by Crippen LogP contribution is -2.32. The molecule has 0 spiro atoms. The molecule has 1 unspecified atom stereocenters. The van der Waals surface area contributed by atoms with Crippen LogP contribution in [0.2, 0.25) is 0 Å². The van der Waals surface area contributed by atoms with Gasteiger partial charge in [-0.1, -0.05) is 0 Å². The molecule has 2 heterocycles. The highest BCUT2D eigenvalue weighted by molar-refractivity contribution is 5.92. The minimum Gasteiger partial charge on any atom is -0.376 e. The molecule has 94 valence electrons. The average molecular weight is 239 g/mol. The molecule has 1 aromatic heterocycles. The largest absolute Gasteiger partial charge is 0.376 e. The van der Waals surface area contributed by atoms with E-state index >= 15 is 0 Å². The van der Waals surface area contributed by atoms with E-state index in [9.17, 15) is 4.79 Å². The van der Waals surface area contributed by atoms with Crippen molar-refractivity contribution in [1.29, 1.82) is 0 Å². The number of nitrogens with one attached hydrogen (secondary N) is 1. The number of hydrogen-bond acceptors (Lipinski definition) is 4. The molecule has 6 heteroatoms. The minimum absolute atomic E-state index is 0.153. The second kappa shape index (κ2) is 5.79. The maximum Gasteiger partial charge on any atom is 0.271 e. The van der Waals surface area contributed by atoms with Crippen LogP contribution in [0.4, 0.5) is 0 Å². The van der Waals surface area contributed by atoms with Crippen molar-refractivity contribution in [1.82, 2.24) is 15.1 Å². The highest BCUT2D eigenvalue weighted by atomic mass is 16.5. The van der Waals surface area contributed by atoms with E-state index in [2.05, 4.69) is 10.4 Å². The van der Waals surface area contributed by atoms with Gasteiger partial charge in [0.05, 0.1) is 6.10 Å². The van der Waals surface area contributed by atoms with Crippen molar-refractivity contribution < 1.29 is 14.3 Å². The molecule has 1 fully saturated rings. The van der Waals surface area contributed by atoms with Crippen LogP contribution in [-0.4, -0.2) is 42.1 Å². The van der Waals surface area contributed by atoms with E-state index in [1.165, 1.54) is 0 Å². The van der Waals surface area contributed by atoms with Crippen LogP contribution < -0.4 is 5.32 Å². The monoisotopic (exact) mass is 239 g/mol. The van der Waals surface area contributed by atoms with E-state index in [1.807, 2.05) is 0 Å². The SMILES string of the molecule is COCn1ccc(C(=O)NCC2CCCO2)n1. The van der Waals surface area contributed by atoms with Crippen molar-refractivity contribution in [3.05, 3.63) is 18.0 Å². The molecule has 1 aliphatic heterocycles. The fourth-order valence-electron chi connectivity index (χ4n) is 1.79. The molecule has 1 N–H and O–H groups in total. The molecule has 1 aliphatic rings. The zero-order valence-corrected chi connectivity index (χ0v) is 9.89. The molecule has 17 heavy (non-hydrogen) atoms. The first-order chi connectivity index (χ1) is 8.29. The number of rotatable bonds is 5. The number of nitrogens with zero attached hydrogens (tertiary/aromatic N) is 2. The van der Waals surface area contributed by atoms with Gasteiger partial charge in [0, 0.05) is 26.5 Å². The number of ether oxygens (including phenoxy) is 2. The molecule has 0 aliphatic carbocycles. The Kier molecular flexibility index (Phi) is 4.11. The quantitative estimate of drug-likeness (QED) is 0.807. The first-order valence-electron chi connectivity index (χ1n) is 5.72. The molecule has 0 radical (unpaired) electrons. The molecular weight excluding hydrogens is 222 g/mol. The number of carbonyl (C=O) groups excluding carboxylic acids is 1. The smallest absolute Gasteiger partial charge is 0.271 e. The van der Waals surface area contributed by atoms with Crippen LogP contribution in [0.5, 0.6) is 0 Å². The number of amides is 1. The van der Waals surface area contributed by atoms with Crippen molar-refractivity contribution in [2.45, 2.75) is 25.7 Å². The van der Waals surface area contributed by atoms with Gasteiger partial charge in [0.15, 0.2) is 0 Å². The Morgan fingerprint density at radius 1 is 1.76 bits per heavy atom. The summed E-state index contributed by atoms with van der Waals surface area (Å²) >= 11 is 0. The third-order valence-corrected chi connectivity index (χ3v) is 2.65. The number of carbonyl (C=O) groups is 1. The third kappa shape index (κ3) is 3.28. The first-order valence-corrected chi connectivity index (χ1v) is 5.72. The molecule has 1 atom stereocenters. The van der Waals surface area contributed by atoms with E-state index in [0.29, 0.717) is 19.0 Å². The molecular formula is C11H17N3O3. The Labute approximate surface area is 99.9 Å². The molecule has 1 saturated heterocycles. The highest BCUT2D eigenvalue weighted by Gasteiger charge is 2.17. The van der Waals surface area contributed by atoms with Crippen LogP contribution in [0.3, 0.4) is 0 Å². The molecule has 0 bridgehead atoms. The van der Waals surface area contributed by atoms with E-state index in [4.69, 9.17) is 9.47 Å². The third-order valence-electron chi connectivity index (χ3n) is 2.65. The number of aromatic nitrogens is 2. The van der Waals surface area contributed by atoms with Gasteiger partial charge >= 0.3 is 0 Å². The maximum atomic E-state index is 11.7. The summed E-state index contributed by atoms with van der Waals surface area (Å²) in [7, 11) is 1.58. The lowest BCUT2D eigenvalue weighted by atomic mass is 10.2. The Balaban J connectivity index is 1.81. The zero-order chi connectivity index (χ0) is 12.1. The molecule has 0 aromatic carbocycles. The second-order valence-electron chi connectivity index (χ2n) is 4.00. The Morgan fingerprint density at radius 2 is 2.65 bits per heavy atom. The Morgan fingerprint density at radius 3 is 3.35 bits per heavy atom. The van der Waals surface area contributed by atoms with Gasteiger partial charge in [0.1, 0.15) is 12.4 Å². The van der Waals surface area contributed by atoms with Crippen LogP contribution in [0.15, 0.2) is 12.3 Å². The summed E-state index contributed by atoms with van der Waals surface area (Å²) < 4.78 is 11.9. The molecule has 6 nitrogen and oxygen atoms in total. The van der Waals surface area contributed by atoms with Gasteiger partial charge in [-0.25, -0.2) is 4.68 Å². The Hall–Kier alpha value is -1.40. The van der Waals surface area contributed by atoms with Crippen molar-refractivity contribution in [2.75, 3.05) is 20.3 Å². The van der Waals surface area contributed by atoms with Gasteiger partial charge in [0.25, 0.3) is 5.91 Å². The molecule has 1 aromatic rings. The summed E-state index contributed by atoms with van der Waals surface area (Å²) in [5.74, 6) is -0.171. The standard InChI is InChI=1S/C11H17N3O3/c1-16-8-14-5-4-10(13-14)11(15)12-7-9-3-2-6-17-9/h4-5,9H,2-3,6-8H2,1H3,(H,12,15). The fraction of sp³-hybridized carbons (Fsp3) is 0.636. The van der Waals surface area contributed by atoms with Crippen LogP contribution >= 0.6 is 0 Å². The van der Waals surface area contributed by atoms with Gasteiger partial charge in [-0.05, 0) is 18.9 Å². The number of hydrogen-bond donors (Lipinski definition) is 1. The topological polar surface area (TPSA) is 65.4 Å². The van der Waals surface area contributed by atoms with Crippen LogP contribution in [0.1, 0.15) is 23.3 Å². The van der Waals surface area contributed by atoms with Crippen molar-refractivity contribution in [3.63, 3.8) is 0 Å². The number of methoxy groups -OCH3 is 1. The Bertz CT molecular complexity index is 372. The maximum absolute atomic E-state index is 11.7. The lowest BCUT2D eigenvalue weighted by Gasteiger charge is -2.09. The summed E-state index contributed by atoms with van der Waals surface area (Å²) in [5, 5.41) is 6.90. The van der Waals surface area contributed by atoms with Crippen molar-refractivity contribution >= 4 is 5.91 Å². The average Bonchev–Trinajstić information content (AvgIpc) is 2.97. The predicted molar refractivity (Wildman–Crippen MR) is 60.5 cm³/mol. The van der Waals surface area contributed by atoms with Gasteiger partial charge in [0.2, 0.25) is 0 Å². The summed E-state index contributed by atoms with van der Waals surface area (Å²) in [4.78, 5) is 11.7. The fourth-order valence-corrected chi connectivity index (χ4v) is 1.79. The van der Waals surface area contributed by atoms with Gasteiger partial charge in [-0.3, -0.25) is 4.79 Å². The summed E-state index contributed by atoms with van der Waals surface area (Å²) in [5.41, 5.74) is 0.403. The molecule has 2 rings (SSSR count). The van der Waals surface area contributed by atoms with E-state index in [1.54, 1.807) is 24.1 Å². The van der Waals surface area contributed by atoms with E-state index in [-0.39, 0.29) is 12.0 Å².